The molecular weight excluding hydrogens is 355 g/mol. The van der Waals surface area contributed by atoms with Crippen LogP contribution in [-0.4, -0.2) is 52.9 Å². The standard InChI is InChI=1S/C18H21FN4O2S/c1-12(24)23-8-6-15(7-9-23)22(2)18(25)21-17-20-11-16(26-17)13-4-3-5-14(19)10-13/h3-5,10-11,15H,6-9H2,1-2H3,(H,20,21,25). The molecule has 26 heavy (non-hydrogen) atoms. The minimum atomic E-state index is -0.307. The first kappa shape index (κ1) is 18.3. The lowest BCUT2D eigenvalue weighted by molar-refractivity contribution is -0.130. The van der Waals surface area contributed by atoms with Crippen molar-refractivity contribution in [1.82, 2.24) is 14.8 Å². The summed E-state index contributed by atoms with van der Waals surface area (Å²) < 4.78 is 13.3. The summed E-state index contributed by atoms with van der Waals surface area (Å²) in [4.78, 5) is 32.3. The Morgan fingerprint density at radius 2 is 2.08 bits per heavy atom. The minimum Gasteiger partial charge on any atom is -0.343 e. The van der Waals surface area contributed by atoms with Crippen molar-refractivity contribution >= 4 is 28.4 Å². The second kappa shape index (κ2) is 7.82. The fraction of sp³-hybridized carbons (Fsp3) is 0.389. The average molecular weight is 376 g/mol. The van der Waals surface area contributed by atoms with Gasteiger partial charge in [0, 0.05) is 39.3 Å². The predicted molar refractivity (Wildman–Crippen MR) is 99.6 cm³/mol. The number of urea groups is 1. The van der Waals surface area contributed by atoms with E-state index in [4.69, 9.17) is 0 Å². The molecule has 6 nitrogen and oxygen atoms in total. The third-order valence-corrected chi connectivity index (χ3v) is 5.57. The quantitative estimate of drug-likeness (QED) is 0.893. The summed E-state index contributed by atoms with van der Waals surface area (Å²) in [6.45, 7) is 2.90. The zero-order valence-electron chi connectivity index (χ0n) is 14.7. The van der Waals surface area contributed by atoms with Crippen LogP contribution in [0.2, 0.25) is 0 Å². The van der Waals surface area contributed by atoms with E-state index in [-0.39, 0.29) is 23.8 Å². The van der Waals surface area contributed by atoms with Crippen LogP contribution in [0.3, 0.4) is 0 Å². The van der Waals surface area contributed by atoms with Gasteiger partial charge < -0.3 is 9.80 Å². The number of amides is 3. The Labute approximate surface area is 155 Å². The lowest BCUT2D eigenvalue weighted by atomic mass is 10.0. The third-order valence-electron chi connectivity index (χ3n) is 4.61. The monoisotopic (exact) mass is 376 g/mol. The maximum Gasteiger partial charge on any atom is 0.323 e. The summed E-state index contributed by atoms with van der Waals surface area (Å²) in [5.41, 5.74) is 0.730. The number of aromatic nitrogens is 1. The van der Waals surface area contributed by atoms with Crippen LogP contribution in [0.25, 0.3) is 10.4 Å². The Kier molecular flexibility index (Phi) is 5.51. The smallest absolute Gasteiger partial charge is 0.323 e. The maximum atomic E-state index is 13.3. The Morgan fingerprint density at radius 3 is 2.73 bits per heavy atom. The van der Waals surface area contributed by atoms with Crippen molar-refractivity contribution in [3.05, 3.63) is 36.3 Å². The van der Waals surface area contributed by atoms with Gasteiger partial charge in [0.25, 0.3) is 0 Å². The number of nitrogens with one attached hydrogen (secondary N) is 1. The van der Waals surface area contributed by atoms with E-state index < -0.39 is 0 Å². The number of piperidine rings is 1. The third kappa shape index (κ3) is 4.19. The Balaban J connectivity index is 1.59. The molecule has 3 rings (SSSR count). The van der Waals surface area contributed by atoms with Crippen LogP contribution >= 0.6 is 11.3 Å². The van der Waals surface area contributed by atoms with E-state index >= 15 is 0 Å². The summed E-state index contributed by atoms with van der Waals surface area (Å²) >= 11 is 1.30. The van der Waals surface area contributed by atoms with Gasteiger partial charge in [-0.15, -0.1) is 0 Å². The van der Waals surface area contributed by atoms with Gasteiger partial charge in [-0.25, -0.2) is 14.2 Å². The van der Waals surface area contributed by atoms with Crippen LogP contribution in [0.1, 0.15) is 19.8 Å². The van der Waals surface area contributed by atoms with Crippen molar-refractivity contribution in [3.63, 3.8) is 0 Å². The highest BCUT2D eigenvalue weighted by Gasteiger charge is 2.26. The van der Waals surface area contributed by atoms with E-state index in [9.17, 15) is 14.0 Å². The van der Waals surface area contributed by atoms with Crippen molar-refractivity contribution in [2.45, 2.75) is 25.8 Å². The number of halogens is 1. The maximum absolute atomic E-state index is 13.3. The first-order valence-electron chi connectivity index (χ1n) is 8.45. The molecule has 0 saturated carbocycles. The number of hydrogen-bond acceptors (Lipinski definition) is 4. The second-order valence-corrected chi connectivity index (χ2v) is 7.35. The van der Waals surface area contributed by atoms with Crippen molar-refractivity contribution in [2.75, 3.05) is 25.5 Å². The molecule has 8 heteroatoms. The van der Waals surface area contributed by atoms with Crippen LogP contribution in [0, 0.1) is 5.82 Å². The predicted octanol–water partition coefficient (Wildman–Crippen LogP) is 3.42. The molecule has 2 aromatic rings. The molecule has 0 aliphatic carbocycles. The molecule has 0 bridgehead atoms. The number of carbonyl (C=O) groups is 2. The van der Waals surface area contributed by atoms with Crippen molar-refractivity contribution < 1.29 is 14.0 Å². The van der Waals surface area contributed by atoms with Gasteiger partial charge in [0.1, 0.15) is 5.82 Å². The molecule has 1 aliphatic heterocycles. The first-order chi connectivity index (χ1) is 12.4. The zero-order chi connectivity index (χ0) is 18.7. The van der Waals surface area contributed by atoms with Crippen LogP contribution in [-0.2, 0) is 4.79 Å². The number of benzene rings is 1. The number of thiazole rings is 1. The van der Waals surface area contributed by atoms with Gasteiger partial charge in [-0.3, -0.25) is 10.1 Å². The second-order valence-electron chi connectivity index (χ2n) is 6.32. The molecule has 0 spiro atoms. The van der Waals surface area contributed by atoms with Gasteiger partial charge in [0.2, 0.25) is 5.91 Å². The number of carbonyl (C=O) groups excluding carboxylic acids is 2. The van der Waals surface area contributed by atoms with Crippen LogP contribution < -0.4 is 5.32 Å². The summed E-state index contributed by atoms with van der Waals surface area (Å²) in [7, 11) is 1.75. The summed E-state index contributed by atoms with van der Waals surface area (Å²) in [5, 5.41) is 3.27. The number of likely N-dealkylation sites (tertiary alicyclic amines) is 1. The highest BCUT2D eigenvalue weighted by Crippen LogP contribution is 2.29. The number of hydrogen-bond donors (Lipinski definition) is 1. The molecule has 1 aromatic heterocycles. The lowest BCUT2D eigenvalue weighted by Crippen LogP contribution is -2.47. The van der Waals surface area contributed by atoms with Crippen molar-refractivity contribution in [1.29, 1.82) is 0 Å². The normalized spacial score (nSPS) is 15.0. The first-order valence-corrected chi connectivity index (χ1v) is 9.27. The van der Waals surface area contributed by atoms with E-state index in [1.807, 2.05) is 0 Å². The van der Waals surface area contributed by atoms with Gasteiger partial charge in [0.05, 0.1) is 4.88 Å². The summed E-state index contributed by atoms with van der Waals surface area (Å²) in [5.74, 6) is -0.235. The van der Waals surface area contributed by atoms with E-state index in [0.29, 0.717) is 18.2 Å². The minimum absolute atomic E-state index is 0.0724. The molecule has 1 saturated heterocycles. The topological polar surface area (TPSA) is 65.5 Å². The van der Waals surface area contributed by atoms with Gasteiger partial charge >= 0.3 is 6.03 Å². The highest BCUT2D eigenvalue weighted by atomic mass is 32.1. The fourth-order valence-electron chi connectivity index (χ4n) is 3.02. The molecule has 1 aromatic carbocycles. The van der Waals surface area contributed by atoms with E-state index in [2.05, 4.69) is 10.3 Å². The summed E-state index contributed by atoms with van der Waals surface area (Å²) in [6.07, 6.45) is 3.15. The number of nitrogens with zero attached hydrogens (tertiary/aromatic N) is 3. The van der Waals surface area contributed by atoms with Crippen LogP contribution in [0.4, 0.5) is 14.3 Å². The van der Waals surface area contributed by atoms with Crippen molar-refractivity contribution in [2.24, 2.45) is 0 Å². The Hall–Kier alpha value is -2.48. The number of anilines is 1. The average Bonchev–Trinajstić information content (AvgIpc) is 3.09. The largest absolute Gasteiger partial charge is 0.343 e. The van der Waals surface area contributed by atoms with Gasteiger partial charge in [0.15, 0.2) is 5.13 Å². The SMILES string of the molecule is CC(=O)N1CCC(N(C)C(=O)Nc2ncc(-c3cccc(F)c3)s2)CC1. The zero-order valence-corrected chi connectivity index (χ0v) is 15.6. The molecule has 1 aliphatic rings. The Bertz CT molecular complexity index is 802. The van der Waals surface area contributed by atoms with E-state index in [1.165, 1.54) is 23.5 Å². The van der Waals surface area contributed by atoms with Crippen molar-refractivity contribution in [3.8, 4) is 10.4 Å². The molecule has 1 fully saturated rings. The van der Waals surface area contributed by atoms with Crippen LogP contribution in [0.5, 0.6) is 0 Å². The molecule has 2 heterocycles. The molecule has 1 N–H and O–H groups in total. The molecule has 3 amide bonds. The van der Waals surface area contributed by atoms with Crippen LogP contribution in [0.15, 0.2) is 30.5 Å². The van der Waals surface area contributed by atoms with E-state index in [0.717, 1.165) is 23.3 Å². The molecule has 138 valence electrons. The molecule has 0 radical (unpaired) electrons. The van der Waals surface area contributed by atoms with E-state index in [1.54, 1.807) is 42.1 Å². The van der Waals surface area contributed by atoms with Gasteiger partial charge in [-0.1, -0.05) is 23.5 Å². The van der Waals surface area contributed by atoms with Gasteiger partial charge in [-0.05, 0) is 30.5 Å². The molecular formula is C18H21FN4O2S. The molecule has 0 unspecified atom stereocenters. The number of rotatable bonds is 3. The Morgan fingerprint density at radius 1 is 1.35 bits per heavy atom. The summed E-state index contributed by atoms with van der Waals surface area (Å²) in [6, 6.07) is 6.13. The lowest BCUT2D eigenvalue weighted by Gasteiger charge is -2.36. The fourth-order valence-corrected chi connectivity index (χ4v) is 3.82. The highest BCUT2D eigenvalue weighted by molar-refractivity contribution is 7.19. The van der Waals surface area contributed by atoms with Gasteiger partial charge in [-0.2, -0.15) is 0 Å². The molecule has 0 atom stereocenters.